The third kappa shape index (κ3) is 3.69. The first-order chi connectivity index (χ1) is 9.16. The average molecular weight is 278 g/mol. The number of carboxylic acid groups (broad SMARTS) is 1. The predicted octanol–water partition coefficient (Wildman–Crippen LogP) is 2.64. The molecule has 2 N–H and O–H groups in total. The van der Waals surface area contributed by atoms with E-state index in [1.807, 2.05) is 30.3 Å². The van der Waals surface area contributed by atoms with Crippen LogP contribution in [0.15, 0.2) is 30.3 Å². The zero-order valence-corrected chi connectivity index (χ0v) is 11.2. The fourth-order valence-electron chi connectivity index (χ4n) is 1.51. The Labute approximate surface area is 114 Å². The molecule has 0 aliphatic rings. The highest BCUT2D eigenvalue weighted by Gasteiger charge is 2.13. The van der Waals surface area contributed by atoms with E-state index in [9.17, 15) is 4.79 Å². The van der Waals surface area contributed by atoms with E-state index in [4.69, 9.17) is 9.84 Å². The van der Waals surface area contributed by atoms with Crippen LogP contribution in [0.2, 0.25) is 0 Å². The van der Waals surface area contributed by atoms with Crippen molar-refractivity contribution >= 4 is 22.4 Å². The van der Waals surface area contributed by atoms with E-state index in [0.717, 1.165) is 17.1 Å². The van der Waals surface area contributed by atoms with Crippen LogP contribution in [0.25, 0.3) is 0 Å². The van der Waals surface area contributed by atoms with Gasteiger partial charge in [0.1, 0.15) is 17.2 Å². The van der Waals surface area contributed by atoms with E-state index >= 15 is 0 Å². The molecule has 1 aromatic heterocycles. The van der Waals surface area contributed by atoms with Gasteiger partial charge in [-0.1, -0.05) is 29.5 Å². The van der Waals surface area contributed by atoms with Crippen molar-refractivity contribution in [3.05, 3.63) is 40.9 Å². The first kappa shape index (κ1) is 13.4. The average Bonchev–Trinajstić information content (AvgIpc) is 2.77. The van der Waals surface area contributed by atoms with Gasteiger partial charge in [-0.25, -0.2) is 9.78 Å². The van der Waals surface area contributed by atoms with Crippen molar-refractivity contribution in [3.63, 3.8) is 0 Å². The monoisotopic (exact) mass is 278 g/mol. The van der Waals surface area contributed by atoms with Crippen LogP contribution >= 0.6 is 11.3 Å². The second kappa shape index (κ2) is 6.19. The van der Waals surface area contributed by atoms with E-state index in [-0.39, 0.29) is 4.88 Å². The normalized spacial score (nSPS) is 10.2. The zero-order valence-electron chi connectivity index (χ0n) is 10.4. The number of nitrogens with zero attached hydrogens (tertiary/aromatic N) is 1. The van der Waals surface area contributed by atoms with E-state index in [0.29, 0.717) is 24.0 Å². The van der Waals surface area contributed by atoms with E-state index < -0.39 is 5.97 Å². The number of rotatable bonds is 6. The molecule has 5 nitrogen and oxygen atoms in total. The van der Waals surface area contributed by atoms with Gasteiger partial charge in [0.05, 0.1) is 12.2 Å². The number of aromatic carboxylic acids is 1. The van der Waals surface area contributed by atoms with Crippen LogP contribution in [0.3, 0.4) is 0 Å². The number of benzene rings is 1. The molecule has 0 saturated carbocycles. The number of carboxylic acids is 1. The summed E-state index contributed by atoms with van der Waals surface area (Å²) in [4.78, 5) is 15.3. The minimum Gasteiger partial charge on any atom is -0.492 e. The van der Waals surface area contributed by atoms with Gasteiger partial charge in [0.25, 0.3) is 0 Å². The quantitative estimate of drug-likeness (QED) is 0.795. The van der Waals surface area contributed by atoms with Gasteiger partial charge in [0.2, 0.25) is 0 Å². The number of thiazole rings is 1. The predicted molar refractivity (Wildman–Crippen MR) is 74.2 cm³/mol. The molecule has 0 fully saturated rings. The van der Waals surface area contributed by atoms with Gasteiger partial charge in [-0.05, 0) is 19.1 Å². The molecular weight excluding hydrogens is 264 g/mol. The Hall–Kier alpha value is -2.08. The van der Waals surface area contributed by atoms with Crippen molar-refractivity contribution in [3.8, 4) is 5.75 Å². The number of para-hydroxylation sites is 1. The summed E-state index contributed by atoms with van der Waals surface area (Å²) >= 11 is 1.14. The largest absolute Gasteiger partial charge is 0.492 e. The molecule has 1 aromatic carbocycles. The Morgan fingerprint density at radius 2 is 2.16 bits per heavy atom. The lowest BCUT2D eigenvalue weighted by atomic mass is 10.3. The Morgan fingerprint density at radius 1 is 1.42 bits per heavy atom. The molecule has 0 spiro atoms. The number of aryl methyl sites for hydroxylation is 1. The van der Waals surface area contributed by atoms with Crippen LogP contribution < -0.4 is 10.1 Å². The standard InChI is InChI=1S/C13H14N2O3S/c1-9-11(12(16)17)19-13(15-9)14-7-8-18-10-5-3-2-4-6-10/h2-6H,7-8H2,1H3,(H,14,15)(H,16,17). The smallest absolute Gasteiger partial charge is 0.347 e. The molecule has 1 heterocycles. The second-order valence-corrected chi connectivity index (χ2v) is 4.83. The maximum Gasteiger partial charge on any atom is 0.347 e. The Bertz CT molecular complexity index is 554. The maximum absolute atomic E-state index is 10.9. The van der Waals surface area contributed by atoms with Crippen molar-refractivity contribution in [2.75, 3.05) is 18.5 Å². The fraction of sp³-hybridized carbons (Fsp3) is 0.231. The number of ether oxygens (including phenoxy) is 1. The number of aromatic nitrogens is 1. The van der Waals surface area contributed by atoms with Crippen LogP contribution in [0.5, 0.6) is 5.75 Å². The van der Waals surface area contributed by atoms with Crippen LogP contribution in [0.4, 0.5) is 5.13 Å². The minimum absolute atomic E-state index is 0.270. The highest BCUT2D eigenvalue weighted by atomic mass is 32.1. The molecule has 100 valence electrons. The van der Waals surface area contributed by atoms with Gasteiger partial charge in [-0.2, -0.15) is 0 Å². The summed E-state index contributed by atoms with van der Waals surface area (Å²) in [6.45, 7) is 2.75. The summed E-state index contributed by atoms with van der Waals surface area (Å²) in [5.41, 5.74) is 0.531. The Balaban J connectivity index is 1.80. The molecule has 0 aliphatic heterocycles. The highest BCUT2D eigenvalue weighted by molar-refractivity contribution is 7.17. The molecule has 0 aliphatic carbocycles. The third-order valence-electron chi connectivity index (χ3n) is 2.38. The molecule has 6 heteroatoms. The fourth-order valence-corrected chi connectivity index (χ4v) is 2.34. The lowest BCUT2D eigenvalue weighted by Crippen LogP contribution is -2.11. The maximum atomic E-state index is 10.9. The zero-order chi connectivity index (χ0) is 13.7. The molecule has 0 atom stereocenters. The lowest BCUT2D eigenvalue weighted by molar-refractivity contribution is 0.0701. The summed E-state index contributed by atoms with van der Waals surface area (Å²) < 4.78 is 5.51. The summed E-state index contributed by atoms with van der Waals surface area (Å²) in [5, 5.41) is 12.6. The molecule has 2 rings (SSSR count). The number of anilines is 1. The van der Waals surface area contributed by atoms with Crippen LogP contribution in [-0.4, -0.2) is 29.2 Å². The van der Waals surface area contributed by atoms with Gasteiger partial charge in [-0.15, -0.1) is 0 Å². The molecule has 0 saturated heterocycles. The number of hydrogen-bond donors (Lipinski definition) is 2. The third-order valence-corrected chi connectivity index (χ3v) is 3.48. The SMILES string of the molecule is Cc1nc(NCCOc2ccccc2)sc1C(=O)O. The van der Waals surface area contributed by atoms with Crippen molar-refractivity contribution in [2.24, 2.45) is 0 Å². The van der Waals surface area contributed by atoms with Crippen molar-refractivity contribution < 1.29 is 14.6 Å². The van der Waals surface area contributed by atoms with E-state index in [1.54, 1.807) is 6.92 Å². The molecule has 0 unspecified atom stereocenters. The van der Waals surface area contributed by atoms with Crippen molar-refractivity contribution in [2.45, 2.75) is 6.92 Å². The molecule has 0 radical (unpaired) electrons. The molecule has 0 bridgehead atoms. The highest BCUT2D eigenvalue weighted by Crippen LogP contribution is 2.22. The molecule has 19 heavy (non-hydrogen) atoms. The van der Waals surface area contributed by atoms with E-state index in [1.165, 1.54) is 0 Å². The second-order valence-electron chi connectivity index (χ2n) is 3.83. The summed E-state index contributed by atoms with van der Waals surface area (Å²) in [5.74, 6) is -0.130. The number of nitrogens with one attached hydrogen (secondary N) is 1. The molecule has 2 aromatic rings. The van der Waals surface area contributed by atoms with Gasteiger partial charge < -0.3 is 15.2 Å². The van der Waals surface area contributed by atoms with Gasteiger partial charge in [-0.3, -0.25) is 0 Å². The molecular formula is C13H14N2O3S. The number of hydrogen-bond acceptors (Lipinski definition) is 5. The Morgan fingerprint density at radius 3 is 2.79 bits per heavy atom. The van der Waals surface area contributed by atoms with Crippen molar-refractivity contribution in [1.29, 1.82) is 0 Å². The summed E-state index contributed by atoms with van der Waals surface area (Å²) in [7, 11) is 0. The lowest BCUT2D eigenvalue weighted by Gasteiger charge is -2.06. The van der Waals surface area contributed by atoms with Gasteiger partial charge in [0, 0.05) is 0 Å². The van der Waals surface area contributed by atoms with Crippen LogP contribution in [0.1, 0.15) is 15.4 Å². The number of carbonyl (C=O) groups is 1. The minimum atomic E-state index is -0.941. The topological polar surface area (TPSA) is 71.5 Å². The van der Waals surface area contributed by atoms with Gasteiger partial charge in [0.15, 0.2) is 5.13 Å². The summed E-state index contributed by atoms with van der Waals surface area (Å²) in [6, 6.07) is 9.52. The van der Waals surface area contributed by atoms with Crippen LogP contribution in [-0.2, 0) is 0 Å². The van der Waals surface area contributed by atoms with Gasteiger partial charge >= 0.3 is 5.97 Å². The first-order valence-electron chi connectivity index (χ1n) is 5.79. The Kier molecular flexibility index (Phi) is 4.35. The van der Waals surface area contributed by atoms with E-state index in [2.05, 4.69) is 10.3 Å². The first-order valence-corrected chi connectivity index (χ1v) is 6.61. The van der Waals surface area contributed by atoms with Crippen molar-refractivity contribution in [1.82, 2.24) is 4.98 Å². The molecule has 0 amide bonds. The summed E-state index contributed by atoms with van der Waals surface area (Å²) in [6.07, 6.45) is 0. The van der Waals surface area contributed by atoms with Crippen LogP contribution in [0, 0.1) is 6.92 Å².